The van der Waals surface area contributed by atoms with Crippen LogP contribution in [0.25, 0.3) is 0 Å². The topological polar surface area (TPSA) is 171 Å². The fourth-order valence-corrected chi connectivity index (χ4v) is 3.11. The molecular formula is C21H25FN6O8. The van der Waals surface area contributed by atoms with Gasteiger partial charge in [0.25, 0.3) is 0 Å². The van der Waals surface area contributed by atoms with E-state index in [1.165, 1.54) is 20.1 Å². The number of hydrogen-bond acceptors (Lipinski definition) is 11. The van der Waals surface area contributed by atoms with Crippen LogP contribution in [0.5, 0.6) is 5.75 Å². The van der Waals surface area contributed by atoms with Crippen LogP contribution in [0, 0.1) is 26.0 Å². The lowest BCUT2D eigenvalue weighted by Crippen LogP contribution is -2.31. The van der Waals surface area contributed by atoms with E-state index in [4.69, 9.17) is 14.2 Å². The highest BCUT2D eigenvalue weighted by molar-refractivity contribution is 5.93. The second kappa shape index (κ2) is 13.0. The Morgan fingerprint density at radius 2 is 1.56 bits per heavy atom. The fourth-order valence-electron chi connectivity index (χ4n) is 3.11. The Morgan fingerprint density at radius 1 is 0.972 bits per heavy atom. The highest BCUT2D eigenvalue weighted by atomic mass is 19.1. The zero-order chi connectivity index (χ0) is 26.8. The number of azo groups is 1. The number of nitrogens with one attached hydrogen (secondary N) is 1. The number of hydrogen-bond donors (Lipinski definition) is 1. The SMILES string of the molecule is COCCN(CCOC)c1cc(NC(C)=O)c(/N=N/c2cc(F)c([N+](=O)[O-])cc2[N+](=O)[O-])cc1OC. The number of ether oxygens (including phenoxy) is 3. The van der Waals surface area contributed by atoms with Gasteiger partial charge in [-0.1, -0.05) is 0 Å². The minimum absolute atomic E-state index is 0.0392. The van der Waals surface area contributed by atoms with Crippen LogP contribution in [0.1, 0.15) is 6.92 Å². The molecule has 0 aliphatic heterocycles. The lowest BCUT2D eigenvalue weighted by atomic mass is 10.2. The summed E-state index contributed by atoms with van der Waals surface area (Å²) in [4.78, 5) is 34.0. The summed E-state index contributed by atoms with van der Waals surface area (Å²) in [5, 5.41) is 32.6. The Morgan fingerprint density at radius 3 is 2.06 bits per heavy atom. The first kappa shape index (κ1) is 28.0. The predicted octanol–water partition coefficient (Wildman–Crippen LogP) is 4.12. The zero-order valence-corrected chi connectivity index (χ0v) is 20.0. The van der Waals surface area contributed by atoms with E-state index in [0.29, 0.717) is 49.9 Å². The second-order valence-corrected chi connectivity index (χ2v) is 7.20. The first-order valence-electron chi connectivity index (χ1n) is 10.4. The number of nitrogens with zero attached hydrogens (tertiary/aromatic N) is 5. The maximum atomic E-state index is 14.1. The summed E-state index contributed by atoms with van der Waals surface area (Å²) in [7, 11) is 4.52. The Balaban J connectivity index is 2.62. The van der Waals surface area contributed by atoms with Gasteiger partial charge in [0.2, 0.25) is 11.7 Å². The number of halogens is 1. The number of carbonyl (C=O) groups is 1. The van der Waals surface area contributed by atoms with Gasteiger partial charge in [0.15, 0.2) is 5.69 Å². The van der Waals surface area contributed by atoms with Crippen LogP contribution in [0.15, 0.2) is 34.5 Å². The van der Waals surface area contributed by atoms with Gasteiger partial charge in [0.1, 0.15) is 11.4 Å². The van der Waals surface area contributed by atoms with Crippen molar-refractivity contribution in [3.05, 3.63) is 50.3 Å². The van der Waals surface area contributed by atoms with Gasteiger partial charge in [-0.05, 0) is 6.07 Å². The Kier molecular flexibility index (Phi) is 10.1. The van der Waals surface area contributed by atoms with Crippen molar-refractivity contribution in [2.45, 2.75) is 6.92 Å². The zero-order valence-electron chi connectivity index (χ0n) is 20.0. The standard InChI is InChI=1S/C21H25FN6O8/c1-13(29)23-15-10-20(26(5-7-34-2)6-8-35-3)21(36-4)11-16(15)24-25-17-9-14(22)18(27(30)31)12-19(17)28(32)33/h9-12H,5-8H2,1-4H3,(H,23,29)/b25-24+. The molecule has 0 aromatic heterocycles. The number of rotatable bonds is 13. The van der Waals surface area contributed by atoms with Crippen LogP contribution in [-0.4, -0.2) is 63.4 Å². The van der Waals surface area contributed by atoms with Crippen LogP contribution in [0.2, 0.25) is 0 Å². The normalized spacial score (nSPS) is 10.9. The maximum absolute atomic E-state index is 14.1. The molecule has 36 heavy (non-hydrogen) atoms. The van der Waals surface area contributed by atoms with E-state index in [1.807, 2.05) is 4.90 Å². The molecule has 0 aliphatic carbocycles. The number of amides is 1. The maximum Gasteiger partial charge on any atom is 0.311 e. The van der Waals surface area contributed by atoms with Crippen LogP contribution < -0.4 is 15.0 Å². The molecule has 0 heterocycles. The van der Waals surface area contributed by atoms with E-state index in [2.05, 4.69) is 15.5 Å². The van der Waals surface area contributed by atoms with Crippen LogP contribution in [0.3, 0.4) is 0 Å². The van der Waals surface area contributed by atoms with Crippen molar-refractivity contribution in [3.63, 3.8) is 0 Å². The summed E-state index contributed by atoms with van der Waals surface area (Å²) < 4.78 is 29.9. The smallest absolute Gasteiger partial charge is 0.311 e. The summed E-state index contributed by atoms with van der Waals surface area (Å²) in [6.45, 7) is 2.98. The number of nitro benzene ring substituents is 2. The third kappa shape index (κ3) is 7.13. The molecule has 0 saturated heterocycles. The highest BCUT2D eigenvalue weighted by Gasteiger charge is 2.25. The molecule has 194 valence electrons. The van der Waals surface area contributed by atoms with E-state index in [9.17, 15) is 29.4 Å². The monoisotopic (exact) mass is 508 g/mol. The molecule has 0 bridgehead atoms. The lowest BCUT2D eigenvalue weighted by Gasteiger charge is -2.27. The Labute approximate surface area is 205 Å². The molecule has 0 atom stereocenters. The van der Waals surface area contributed by atoms with Crippen molar-refractivity contribution in [2.24, 2.45) is 10.2 Å². The number of carbonyl (C=O) groups excluding carboxylic acids is 1. The van der Waals surface area contributed by atoms with Gasteiger partial charge >= 0.3 is 11.4 Å². The van der Waals surface area contributed by atoms with Crippen molar-refractivity contribution in [1.29, 1.82) is 0 Å². The Hall–Kier alpha value is -4.24. The largest absolute Gasteiger partial charge is 0.494 e. The third-order valence-electron chi connectivity index (χ3n) is 4.78. The molecule has 1 N–H and O–H groups in total. The molecule has 15 heteroatoms. The van der Waals surface area contributed by atoms with Gasteiger partial charge < -0.3 is 24.4 Å². The van der Waals surface area contributed by atoms with Crippen molar-refractivity contribution in [1.82, 2.24) is 0 Å². The highest BCUT2D eigenvalue weighted by Crippen LogP contribution is 2.41. The van der Waals surface area contributed by atoms with Gasteiger partial charge in [-0.15, -0.1) is 10.2 Å². The molecule has 0 aliphatic rings. The molecule has 2 rings (SSSR count). The minimum atomic E-state index is -1.32. The molecule has 14 nitrogen and oxygen atoms in total. The summed E-state index contributed by atoms with van der Waals surface area (Å²) in [6.07, 6.45) is 0. The van der Waals surface area contributed by atoms with E-state index in [-0.39, 0.29) is 11.4 Å². The fraction of sp³-hybridized carbons (Fsp3) is 0.381. The van der Waals surface area contributed by atoms with Crippen LogP contribution in [0.4, 0.5) is 38.5 Å². The van der Waals surface area contributed by atoms with E-state index < -0.39 is 38.6 Å². The van der Waals surface area contributed by atoms with Crippen LogP contribution >= 0.6 is 0 Å². The molecule has 0 spiro atoms. The molecule has 0 unspecified atom stereocenters. The van der Waals surface area contributed by atoms with E-state index >= 15 is 0 Å². The third-order valence-corrected chi connectivity index (χ3v) is 4.78. The Bertz CT molecular complexity index is 1150. The average molecular weight is 508 g/mol. The molecule has 2 aromatic carbocycles. The molecule has 2 aromatic rings. The first-order chi connectivity index (χ1) is 17.1. The van der Waals surface area contributed by atoms with Gasteiger partial charge in [-0.2, -0.15) is 4.39 Å². The van der Waals surface area contributed by atoms with Gasteiger partial charge in [0, 0.05) is 46.4 Å². The molecule has 0 saturated carbocycles. The van der Waals surface area contributed by atoms with Crippen molar-refractivity contribution in [3.8, 4) is 5.75 Å². The number of anilines is 2. The molecule has 0 radical (unpaired) electrons. The van der Waals surface area contributed by atoms with E-state index in [1.54, 1.807) is 20.3 Å². The van der Waals surface area contributed by atoms with Gasteiger partial charge in [-0.3, -0.25) is 25.0 Å². The summed E-state index contributed by atoms with van der Waals surface area (Å²) in [5.41, 5.74) is -1.65. The predicted molar refractivity (Wildman–Crippen MR) is 127 cm³/mol. The second-order valence-electron chi connectivity index (χ2n) is 7.20. The molecule has 0 fully saturated rings. The van der Waals surface area contributed by atoms with Gasteiger partial charge in [-0.25, -0.2) is 0 Å². The summed E-state index contributed by atoms with van der Waals surface area (Å²) in [5.74, 6) is -1.42. The minimum Gasteiger partial charge on any atom is -0.494 e. The molecule has 1 amide bonds. The molecular weight excluding hydrogens is 483 g/mol. The van der Waals surface area contributed by atoms with Crippen molar-refractivity contribution in [2.75, 3.05) is 57.8 Å². The summed E-state index contributed by atoms with van der Waals surface area (Å²) >= 11 is 0. The lowest BCUT2D eigenvalue weighted by molar-refractivity contribution is -0.395. The quantitative estimate of drug-likeness (QED) is 0.237. The van der Waals surface area contributed by atoms with Crippen LogP contribution in [-0.2, 0) is 14.3 Å². The number of benzene rings is 2. The van der Waals surface area contributed by atoms with Crippen molar-refractivity contribution < 1.29 is 33.2 Å². The average Bonchev–Trinajstić information content (AvgIpc) is 2.82. The van der Waals surface area contributed by atoms with Crippen molar-refractivity contribution >= 4 is 40.0 Å². The number of methoxy groups -OCH3 is 3. The first-order valence-corrected chi connectivity index (χ1v) is 10.4. The number of nitro groups is 2. The summed E-state index contributed by atoms with van der Waals surface area (Å²) in [6, 6.07) is 4.02. The van der Waals surface area contributed by atoms with E-state index in [0.717, 1.165) is 0 Å². The van der Waals surface area contributed by atoms with Gasteiger partial charge in [0.05, 0.1) is 47.6 Å².